The van der Waals surface area contributed by atoms with Gasteiger partial charge in [0.25, 0.3) is 0 Å². The number of hydrogen-bond acceptors (Lipinski definition) is 3. The van der Waals surface area contributed by atoms with Crippen LogP contribution in [0.4, 0.5) is 5.69 Å². The summed E-state index contributed by atoms with van der Waals surface area (Å²) >= 11 is 0. The van der Waals surface area contributed by atoms with Gasteiger partial charge in [-0.15, -0.1) is 0 Å². The first kappa shape index (κ1) is 16.2. The highest BCUT2D eigenvalue weighted by Crippen LogP contribution is 2.44. The molecule has 7 rings (SSSR count). The van der Waals surface area contributed by atoms with E-state index in [9.17, 15) is 0 Å². The predicted octanol–water partition coefficient (Wildman–Crippen LogP) is 6.01. The van der Waals surface area contributed by atoms with Crippen molar-refractivity contribution in [2.45, 2.75) is 39.0 Å². The Balaban J connectivity index is 1.58. The van der Waals surface area contributed by atoms with E-state index < -0.39 is 0 Å². The number of benzene rings is 3. The quantitative estimate of drug-likeness (QED) is 0.410. The van der Waals surface area contributed by atoms with Gasteiger partial charge in [0.1, 0.15) is 11.2 Å². The highest BCUT2D eigenvalue weighted by molar-refractivity contribution is 6.06. The smallest absolute Gasteiger partial charge is 0.135 e. The topological polar surface area (TPSA) is 19.6 Å². The van der Waals surface area contributed by atoms with Crippen LogP contribution in [0.15, 0.2) is 65.1 Å². The maximum absolute atomic E-state index is 6.12. The molecule has 3 nitrogen and oxygen atoms in total. The molecule has 0 aliphatic carbocycles. The standard InChI is InChI=1S/C25H24N2O/c1-16-13-25-21(20-9-5-6-10-24(20)28-25)14-23(16)27-17(2)26-12-11-22(27)19-8-4-3-7-18(19)15-26/h3-10,13-14,17,22H,11-12,15H2,1-2H3. The summed E-state index contributed by atoms with van der Waals surface area (Å²) in [5.74, 6) is 0. The van der Waals surface area contributed by atoms with E-state index in [1.165, 1.54) is 39.6 Å². The Morgan fingerprint density at radius 3 is 2.68 bits per heavy atom. The lowest BCUT2D eigenvalue weighted by molar-refractivity contribution is 0.154. The molecule has 0 radical (unpaired) electrons. The molecule has 0 amide bonds. The minimum atomic E-state index is 0.375. The molecule has 1 saturated heterocycles. The van der Waals surface area contributed by atoms with E-state index in [-0.39, 0.29) is 0 Å². The third-order valence-corrected chi connectivity index (χ3v) is 6.72. The molecule has 3 aromatic carbocycles. The van der Waals surface area contributed by atoms with Gasteiger partial charge in [-0.1, -0.05) is 42.5 Å². The monoisotopic (exact) mass is 368 g/mol. The number of nitrogens with zero attached hydrogens (tertiary/aromatic N) is 2. The Labute approximate surface area is 165 Å². The number of para-hydroxylation sites is 1. The van der Waals surface area contributed by atoms with E-state index >= 15 is 0 Å². The van der Waals surface area contributed by atoms with Crippen LogP contribution in [0.1, 0.15) is 36.1 Å². The minimum Gasteiger partial charge on any atom is -0.456 e. The molecule has 28 heavy (non-hydrogen) atoms. The lowest BCUT2D eigenvalue weighted by Crippen LogP contribution is -2.51. The molecule has 3 unspecified atom stereocenters. The zero-order chi connectivity index (χ0) is 18.8. The summed E-state index contributed by atoms with van der Waals surface area (Å²) in [7, 11) is 0. The zero-order valence-corrected chi connectivity index (χ0v) is 16.4. The van der Waals surface area contributed by atoms with Crippen molar-refractivity contribution in [3.05, 3.63) is 77.4 Å². The van der Waals surface area contributed by atoms with Crippen LogP contribution in [0.2, 0.25) is 0 Å². The molecule has 3 heteroatoms. The van der Waals surface area contributed by atoms with Gasteiger partial charge >= 0.3 is 0 Å². The molecule has 0 N–H and O–H groups in total. The molecule has 1 fully saturated rings. The van der Waals surface area contributed by atoms with Crippen molar-refractivity contribution < 1.29 is 4.42 Å². The first-order valence-corrected chi connectivity index (χ1v) is 10.2. The van der Waals surface area contributed by atoms with Crippen LogP contribution in [0.3, 0.4) is 0 Å². The van der Waals surface area contributed by atoms with Gasteiger partial charge in [0.2, 0.25) is 0 Å². The molecular weight excluding hydrogens is 344 g/mol. The second-order valence-electron chi connectivity index (χ2n) is 8.25. The van der Waals surface area contributed by atoms with E-state index in [0.717, 1.165) is 24.3 Å². The second-order valence-corrected chi connectivity index (χ2v) is 8.25. The average Bonchev–Trinajstić information content (AvgIpc) is 2.88. The summed E-state index contributed by atoms with van der Waals surface area (Å²) in [6.45, 7) is 6.77. The first-order valence-electron chi connectivity index (χ1n) is 10.2. The molecule has 3 atom stereocenters. The van der Waals surface area contributed by atoms with Gasteiger partial charge in [-0.25, -0.2) is 0 Å². The van der Waals surface area contributed by atoms with Crippen molar-refractivity contribution in [3.63, 3.8) is 0 Å². The van der Waals surface area contributed by atoms with Crippen molar-refractivity contribution in [2.75, 3.05) is 11.4 Å². The number of fused-ring (bicyclic) bond motifs is 5. The van der Waals surface area contributed by atoms with Crippen LogP contribution < -0.4 is 4.90 Å². The van der Waals surface area contributed by atoms with Crippen molar-refractivity contribution in [3.8, 4) is 0 Å². The Hall–Kier alpha value is -2.78. The fraction of sp³-hybridized carbons (Fsp3) is 0.280. The van der Waals surface area contributed by atoms with Crippen LogP contribution in [0, 0.1) is 6.92 Å². The molecule has 3 aliphatic rings. The van der Waals surface area contributed by atoms with Gasteiger partial charge in [-0.05, 0) is 55.2 Å². The normalized spacial score (nSPS) is 23.9. The average molecular weight is 368 g/mol. The number of furan rings is 1. The molecule has 4 aromatic rings. The van der Waals surface area contributed by atoms with Gasteiger partial charge in [0.15, 0.2) is 0 Å². The summed E-state index contributed by atoms with van der Waals surface area (Å²) in [5.41, 5.74) is 7.53. The molecule has 3 aliphatic heterocycles. The lowest BCUT2D eigenvalue weighted by atomic mass is 9.95. The fourth-order valence-corrected chi connectivity index (χ4v) is 5.30. The maximum Gasteiger partial charge on any atom is 0.135 e. The summed E-state index contributed by atoms with van der Waals surface area (Å²) < 4.78 is 6.12. The molecule has 1 aromatic heterocycles. The fourth-order valence-electron chi connectivity index (χ4n) is 5.30. The molecule has 4 heterocycles. The van der Waals surface area contributed by atoms with Gasteiger partial charge in [0.05, 0.1) is 12.2 Å². The predicted molar refractivity (Wildman–Crippen MR) is 115 cm³/mol. The van der Waals surface area contributed by atoms with Gasteiger partial charge in [0, 0.05) is 29.5 Å². The molecule has 2 bridgehead atoms. The number of anilines is 1. The summed E-state index contributed by atoms with van der Waals surface area (Å²) in [4.78, 5) is 5.26. The van der Waals surface area contributed by atoms with Crippen LogP contribution in [-0.4, -0.2) is 17.6 Å². The lowest BCUT2D eigenvalue weighted by Gasteiger charge is -2.46. The Kier molecular flexibility index (Phi) is 3.39. The highest BCUT2D eigenvalue weighted by Gasteiger charge is 2.38. The first-order chi connectivity index (χ1) is 13.7. The Morgan fingerprint density at radius 1 is 0.929 bits per heavy atom. The molecule has 140 valence electrons. The van der Waals surface area contributed by atoms with Crippen molar-refractivity contribution >= 4 is 27.6 Å². The number of rotatable bonds is 1. The van der Waals surface area contributed by atoms with Gasteiger partial charge < -0.3 is 9.32 Å². The zero-order valence-electron chi connectivity index (χ0n) is 16.4. The van der Waals surface area contributed by atoms with E-state index in [1.54, 1.807) is 0 Å². The van der Waals surface area contributed by atoms with E-state index in [4.69, 9.17) is 4.42 Å². The summed E-state index contributed by atoms with van der Waals surface area (Å²) in [6.07, 6.45) is 1.55. The van der Waals surface area contributed by atoms with Crippen LogP contribution >= 0.6 is 0 Å². The van der Waals surface area contributed by atoms with Crippen molar-refractivity contribution in [1.82, 2.24) is 4.90 Å². The summed E-state index contributed by atoms with van der Waals surface area (Å²) in [5, 5.41) is 2.42. The SMILES string of the molecule is Cc1cc2oc3ccccc3c2cc1N1C2CCN(Cc3ccccc32)C1C. The highest BCUT2D eigenvalue weighted by atomic mass is 16.3. The third-order valence-electron chi connectivity index (χ3n) is 6.72. The second kappa shape index (κ2) is 5.86. The largest absolute Gasteiger partial charge is 0.456 e. The van der Waals surface area contributed by atoms with Gasteiger partial charge in [-0.3, -0.25) is 4.90 Å². The number of hydrogen-bond donors (Lipinski definition) is 0. The number of aryl methyl sites for hydroxylation is 1. The van der Waals surface area contributed by atoms with Crippen LogP contribution in [0.5, 0.6) is 0 Å². The van der Waals surface area contributed by atoms with Crippen molar-refractivity contribution in [1.29, 1.82) is 0 Å². The minimum absolute atomic E-state index is 0.375. The molecule has 0 spiro atoms. The van der Waals surface area contributed by atoms with Crippen molar-refractivity contribution in [2.24, 2.45) is 0 Å². The summed E-state index contributed by atoms with van der Waals surface area (Å²) in [6, 6.07) is 22.4. The van der Waals surface area contributed by atoms with Crippen LogP contribution in [-0.2, 0) is 6.54 Å². The van der Waals surface area contributed by atoms with E-state index in [0.29, 0.717) is 12.2 Å². The Morgan fingerprint density at radius 2 is 1.75 bits per heavy atom. The Bertz CT molecular complexity index is 1210. The molecule has 0 saturated carbocycles. The van der Waals surface area contributed by atoms with Crippen LogP contribution in [0.25, 0.3) is 21.9 Å². The van der Waals surface area contributed by atoms with E-state index in [1.807, 2.05) is 6.07 Å². The maximum atomic E-state index is 6.12. The third kappa shape index (κ3) is 2.20. The van der Waals surface area contributed by atoms with Gasteiger partial charge in [-0.2, -0.15) is 0 Å². The molecular formula is C25H24N2O. The van der Waals surface area contributed by atoms with E-state index in [2.05, 4.69) is 78.2 Å².